The van der Waals surface area contributed by atoms with Crippen molar-refractivity contribution in [1.29, 1.82) is 0 Å². The van der Waals surface area contributed by atoms with Crippen molar-refractivity contribution in [2.24, 2.45) is 0 Å². The second-order valence-electron chi connectivity index (χ2n) is 3.06. The van der Waals surface area contributed by atoms with E-state index in [0.717, 1.165) is 11.3 Å². The molecular formula is C11H12N2O4S. The molecular weight excluding hydrogens is 256 g/mol. The predicted octanol–water partition coefficient (Wildman–Crippen LogP) is 0.622. The zero-order valence-electron chi connectivity index (χ0n) is 9.94. The minimum absolute atomic E-state index is 0.0477. The highest BCUT2D eigenvalue weighted by Crippen LogP contribution is 2.22. The Bertz CT molecular complexity index is 513. The molecule has 1 heterocycles. The largest absolute Gasteiger partial charge is 0.461 e. The number of ether oxygens (including phenoxy) is 1. The van der Waals surface area contributed by atoms with Gasteiger partial charge >= 0.3 is 5.97 Å². The van der Waals surface area contributed by atoms with Crippen LogP contribution < -0.4 is 5.32 Å². The van der Waals surface area contributed by atoms with Crippen molar-refractivity contribution in [3.05, 3.63) is 10.6 Å². The monoisotopic (exact) mass is 268 g/mol. The maximum absolute atomic E-state index is 11.6. The summed E-state index contributed by atoms with van der Waals surface area (Å²) in [5.74, 6) is 4.13. The number of carbonyl (C=O) groups excluding carboxylic acids is 2. The Hall–Kier alpha value is -1.91. The Morgan fingerprint density at radius 2 is 2.28 bits per heavy atom. The molecule has 0 saturated heterocycles. The van der Waals surface area contributed by atoms with E-state index in [2.05, 4.69) is 22.1 Å². The molecule has 1 aromatic rings. The number of thiazole rings is 1. The molecule has 0 aliphatic carbocycles. The van der Waals surface area contributed by atoms with Gasteiger partial charge < -0.3 is 15.2 Å². The van der Waals surface area contributed by atoms with Crippen LogP contribution in [-0.2, 0) is 9.53 Å². The number of aromatic nitrogens is 1. The SMILES string of the molecule is CCOC(=O)c1nc(NC(C)=O)sc1C#CCO. The van der Waals surface area contributed by atoms with Crippen molar-refractivity contribution in [1.82, 2.24) is 4.98 Å². The number of anilines is 1. The predicted molar refractivity (Wildman–Crippen MR) is 66.3 cm³/mol. The molecule has 6 nitrogen and oxygen atoms in total. The van der Waals surface area contributed by atoms with E-state index in [1.165, 1.54) is 6.92 Å². The number of aliphatic hydroxyl groups excluding tert-OH is 1. The molecule has 1 amide bonds. The summed E-state index contributed by atoms with van der Waals surface area (Å²) >= 11 is 1.05. The third-order valence-electron chi connectivity index (χ3n) is 1.66. The van der Waals surface area contributed by atoms with Gasteiger partial charge in [-0.3, -0.25) is 4.79 Å². The van der Waals surface area contributed by atoms with Crippen LogP contribution in [0, 0.1) is 11.8 Å². The first-order valence-electron chi connectivity index (χ1n) is 5.13. The summed E-state index contributed by atoms with van der Waals surface area (Å²) in [6.07, 6.45) is 0. The first-order valence-corrected chi connectivity index (χ1v) is 5.95. The molecule has 0 aromatic carbocycles. The number of nitrogens with one attached hydrogen (secondary N) is 1. The topological polar surface area (TPSA) is 88.5 Å². The molecule has 0 aliphatic heterocycles. The van der Waals surface area contributed by atoms with Gasteiger partial charge in [-0.2, -0.15) is 0 Å². The molecule has 0 unspecified atom stereocenters. The number of rotatable bonds is 3. The lowest BCUT2D eigenvalue weighted by molar-refractivity contribution is -0.114. The zero-order valence-corrected chi connectivity index (χ0v) is 10.8. The molecule has 1 aromatic heterocycles. The summed E-state index contributed by atoms with van der Waals surface area (Å²) in [5.41, 5.74) is 0.0477. The highest BCUT2D eigenvalue weighted by molar-refractivity contribution is 7.16. The summed E-state index contributed by atoms with van der Waals surface area (Å²) in [6.45, 7) is 2.91. The van der Waals surface area contributed by atoms with E-state index in [1.54, 1.807) is 6.92 Å². The van der Waals surface area contributed by atoms with Crippen LogP contribution in [0.25, 0.3) is 0 Å². The van der Waals surface area contributed by atoms with Crippen LogP contribution in [-0.4, -0.2) is 35.2 Å². The number of hydrogen-bond donors (Lipinski definition) is 2. The highest BCUT2D eigenvalue weighted by Gasteiger charge is 2.18. The minimum Gasteiger partial charge on any atom is -0.461 e. The fourth-order valence-corrected chi connectivity index (χ4v) is 1.94. The molecule has 0 fully saturated rings. The van der Waals surface area contributed by atoms with Crippen molar-refractivity contribution < 1.29 is 19.4 Å². The molecule has 0 aliphatic rings. The molecule has 7 heteroatoms. The van der Waals surface area contributed by atoms with Crippen LogP contribution in [0.4, 0.5) is 5.13 Å². The Morgan fingerprint density at radius 3 is 2.83 bits per heavy atom. The van der Waals surface area contributed by atoms with E-state index >= 15 is 0 Å². The second kappa shape index (κ2) is 6.74. The fourth-order valence-electron chi connectivity index (χ4n) is 1.07. The molecule has 18 heavy (non-hydrogen) atoms. The number of amides is 1. The van der Waals surface area contributed by atoms with E-state index in [4.69, 9.17) is 9.84 Å². The lowest BCUT2D eigenvalue weighted by Gasteiger charge is -1.97. The van der Waals surface area contributed by atoms with Gasteiger partial charge in [0.2, 0.25) is 5.91 Å². The van der Waals surface area contributed by atoms with Crippen LogP contribution in [0.2, 0.25) is 0 Å². The van der Waals surface area contributed by atoms with Crippen LogP contribution in [0.15, 0.2) is 0 Å². The maximum atomic E-state index is 11.6. The number of esters is 1. The number of carbonyl (C=O) groups is 2. The van der Waals surface area contributed by atoms with Crippen molar-refractivity contribution in [2.75, 3.05) is 18.5 Å². The van der Waals surface area contributed by atoms with Gasteiger partial charge in [-0.25, -0.2) is 9.78 Å². The lowest BCUT2D eigenvalue weighted by atomic mass is 10.3. The van der Waals surface area contributed by atoms with Gasteiger partial charge in [0.05, 0.1) is 6.61 Å². The summed E-state index contributed by atoms with van der Waals surface area (Å²) in [5, 5.41) is 11.4. The Labute approximate surface area is 108 Å². The average molecular weight is 268 g/mol. The number of nitrogens with zero attached hydrogens (tertiary/aromatic N) is 1. The molecule has 1 rings (SSSR count). The summed E-state index contributed by atoms with van der Waals surface area (Å²) < 4.78 is 4.83. The minimum atomic E-state index is -0.604. The quantitative estimate of drug-likeness (QED) is 0.620. The van der Waals surface area contributed by atoms with E-state index in [-0.39, 0.29) is 29.9 Å². The smallest absolute Gasteiger partial charge is 0.359 e. The van der Waals surface area contributed by atoms with Crippen LogP contribution in [0.1, 0.15) is 29.2 Å². The van der Waals surface area contributed by atoms with E-state index in [1.807, 2.05) is 0 Å². The Kier molecular flexibility index (Phi) is 5.30. The number of hydrogen-bond acceptors (Lipinski definition) is 6. The first kappa shape index (κ1) is 14.2. The molecule has 96 valence electrons. The Balaban J connectivity index is 3.08. The summed E-state index contributed by atoms with van der Waals surface area (Å²) in [6, 6.07) is 0. The standard InChI is InChI=1S/C11H12N2O4S/c1-3-17-10(16)9-8(5-4-6-14)18-11(13-9)12-7(2)15/h14H,3,6H2,1-2H3,(H,12,13,15). The van der Waals surface area contributed by atoms with Gasteiger partial charge in [-0.05, 0) is 6.92 Å². The van der Waals surface area contributed by atoms with Gasteiger partial charge in [0.15, 0.2) is 10.8 Å². The average Bonchev–Trinajstić information content (AvgIpc) is 2.69. The van der Waals surface area contributed by atoms with Crippen molar-refractivity contribution in [2.45, 2.75) is 13.8 Å². The van der Waals surface area contributed by atoms with Gasteiger partial charge in [0.25, 0.3) is 0 Å². The van der Waals surface area contributed by atoms with E-state index in [0.29, 0.717) is 4.88 Å². The lowest BCUT2D eigenvalue weighted by Crippen LogP contribution is -2.08. The van der Waals surface area contributed by atoms with Gasteiger partial charge in [-0.1, -0.05) is 23.2 Å². The summed E-state index contributed by atoms with van der Waals surface area (Å²) in [7, 11) is 0. The third-order valence-corrected chi connectivity index (χ3v) is 2.55. The zero-order chi connectivity index (χ0) is 13.5. The Morgan fingerprint density at radius 1 is 1.56 bits per heavy atom. The third kappa shape index (κ3) is 3.84. The summed E-state index contributed by atoms with van der Waals surface area (Å²) in [4.78, 5) is 26.8. The molecule has 0 radical (unpaired) electrons. The van der Waals surface area contributed by atoms with Crippen molar-refractivity contribution in [3.63, 3.8) is 0 Å². The van der Waals surface area contributed by atoms with Gasteiger partial charge in [0.1, 0.15) is 11.5 Å². The van der Waals surface area contributed by atoms with Gasteiger partial charge in [0, 0.05) is 6.92 Å². The molecule has 0 atom stereocenters. The molecule has 0 bridgehead atoms. The molecule has 2 N–H and O–H groups in total. The molecule has 0 saturated carbocycles. The van der Waals surface area contributed by atoms with Crippen LogP contribution in [0.3, 0.4) is 0 Å². The van der Waals surface area contributed by atoms with E-state index in [9.17, 15) is 9.59 Å². The normalized spacial score (nSPS) is 9.28. The molecule has 0 spiro atoms. The van der Waals surface area contributed by atoms with Crippen molar-refractivity contribution >= 4 is 28.3 Å². The van der Waals surface area contributed by atoms with Crippen molar-refractivity contribution in [3.8, 4) is 11.8 Å². The fraction of sp³-hybridized carbons (Fsp3) is 0.364. The van der Waals surface area contributed by atoms with E-state index < -0.39 is 5.97 Å². The van der Waals surface area contributed by atoms with Gasteiger partial charge in [-0.15, -0.1) is 0 Å². The second-order valence-corrected chi connectivity index (χ2v) is 4.06. The van der Waals surface area contributed by atoms with Crippen LogP contribution in [0.5, 0.6) is 0 Å². The highest BCUT2D eigenvalue weighted by atomic mass is 32.1. The maximum Gasteiger partial charge on any atom is 0.359 e. The first-order chi connectivity index (χ1) is 8.58. The van der Waals surface area contributed by atoms with Crippen LogP contribution >= 0.6 is 11.3 Å². The number of aliphatic hydroxyl groups is 1.